The average molecular weight is 426 g/mol. The summed E-state index contributed by atoms with van der Waals surface area (Å²) in [5.41, 5.74) is 0.828. The molecule has 3 rings (SSSR count). The summed E-state index contributed by atoms with van der Waals surface area (Å²) >= 11 is 0. The zero-order chi connectivity index (χ0) is 19.9. The fraction of sp³-hybridized carbons (Fsp3) is 0.619. The minimum absolute atomic E-state index is 0. The predicted molar refractivity (Wildman–Crippen MR) is 114 cm³/mol. The van der Waals surface area contributed by atoms with Crippen molar-refractivity contribution in [3.8, 4) is 11.5 Å². The molecule has 2 N–H and O–H groups in total. The van der Waals surface area contributed by atoms with Crippen molar-refractivity contribution < 1.29 is 19.1 Å². The van der Waals surface area contributed by atoms with Crippen LogP contribution < -0.4 is 20.1 Å². The number of methoxy groups -OCH3 is 2. The molecule has 2 fully saturated rings. The maximum atomic E-state index is 12.9. The number of nitrogens with one attached hydrogen (secondary N) is 2. The van der Waals surface area contributed by atoms with Gasteiger partial charge < -0.3 is 25.0 Å². The van der Waals surface area contributed by atoms with E-state index in [1.54, 1.807) is 14.2 Å². The van der Waals surface area contributed by atoms with Crippen molar-refractivity contribution in [2.75, 3.05) is 40.4 Å². The van der Waals surface area contributed by atoms with Gasteiger partial charge in [0.1, 0.15) is 11.5 Å². The number of nitrogens with zero attached hydrogens (tertiary/aromatic N) is 1. The molecule has 0 aromatic heterocycles. The van der Waals surface area contributed by atoms with Gasteiger partial charge in [0.15, 0.2) is 0 Å². The Morgan fingerprint density at radius 2 is 2.03 bits per heavy atom. The first-order valence-electron chi connectivity index (χ1n) is 10.1. The summed E-state index contributed by atoms with van der Waals surface area (Å²) in [5, 5.41) is 6.28. The van der Waals surface area contributed by atoms with Crippen LogP contribution in [0.25, 0.3) is 0 Å². The molecule has 2 saturated heterocycles. The monoisotopic (exact) mass is 425 g/mol. The number of benzene rings is 1. The standard InChI is InChI=1S/C21H31N3O4.ClH/c1-27-17-7-8-19(28-2)16(11-17)12-20(25)24-10-4-5-15(14-24)13-23-21(26)18-6-3-9-22-18;/h7-8,11,15,18,22H,3-6,9-10,12-14H2,1-2H3,(H,23,26);1H. The van der Waals surface area contributed by atoms with Gasteiger partial charge in [0.2, 0.25) is 11.8 Å². The maximum Gasteiger partial charge on any atom is 0.237 e. The Kier molecular flexibility index (Phi) is 9.04. The van der Waals surface area contributed by atoms with Crippen molar-refractivity contribution in [1.29, 1.82) is 0 Å². The van der Waals surface area contributed by atoms with Gasteiger partial charge >= 0.3 is 0 Å². The molecule has 2 aliphatic heterocycles. The van der Waals surface area contributed by atoms with Gasteiger partial charge in [-0.2, -0.15) is 0 Å². The molecule has 162 valence electrons. The van der Waals surface area contributed by atoms with Crippen molar-refractivity contribution in [2.24, 2.45) is 5.92 Å². The van der Waals surface area contributed by atoms with Crippen LogP contribution in [0.2, 0.25) is 0 Å². The number of rotatable bonds is 7. The van der Waals surface area contributed by atoms with E-state index in [0.717, 1.165) is 44.3 Å². The summed E-state index contributed by atoms with van der Waals surface area (Å²) in [6.07, 6.45) is 4.24. The van der Waals surface area contributed by atoms with Crippen LogP contribution in [0.5, 0.6) is 11.5 Å². The zero-order valence-corrected chi connectivity index (χ0v) is 18.1. The first-order valence-corrected chi connectivity index (χ1v) is 10.1. The molecule has 1 aromatic rings. The van der Waals surface area contributed by atoms with Gasteiger partial charge in [0.05, 0.1) is 26.7 Å². The highest BCUT2D eigenvalue weighted by Gasteiger charge is 2.27. The molecule has 0 spiro atoms. The molecule has 7 nitrogen and oxygen atoms in total. The number of likely N-dealkylation sites (tertiary alicyclic amines) is 1. The first kappa shape index (κ1) is 23.3. The Labute approximate surface area is 178 Å². The van der Waals surface area contributed by atoms with Crippen LogP contribution in [0, 0.1) is 5.92 Å². The van der Waals surface area contributed by atoms with Gasteiger partial charge in [-0.05, 0) is 56.3 Å². The SMILES string of the molecule is COc1ccc(OC)c(CC(=O)N2CCCC(CNC(=O)C3CCCN3)C2)c1.Cl. The van der Waals surface area contributed by atoms with E-state index in [2.05, 4.69) is 10.6 Å². The molecule has 2 amide bonds. The minimum Gasteiger partial charge on any atom is -0.497 e. The van der Waals surface area contributed by atoms with Crippen molar-refractivity contribution in [1.82, 2.24) is 15.5 Å². The van der Waals surface area contributed by atoms with Crippen molar-refractivity contribution >= 4 is 24.2 Å². The van der Waals surface area contributed by atoms with E-state index in [1.807, 2.05) is 23.1 Å². The molecule has 8 heteroatoms. The topological polar surface area (TPSA) is 79.9 Å². The second kappa shape index (κ2) is 11.3. The molecule has 29 heavy (non-hydrogen) atoms. The molecule has 2 unspecified atom stereocenters. The Bertz CT molecular complexity index is 695. The maximum absolute atomic E-state index is 12.9. The van der Waals surface area contributed by atoms with E-state index >= 15 is 0 Å². The van der Waals surface area contributed by atoms with Gasteiger partial charge in [-0.25, -0.2) is 0 Å². The molecular weight excluding hydrogens is 394 g/mol. The third kappa shape index (κ3) is 6.24. The lowest BCUT2D eigenvalue weighted by Crippen LogP contribution is -2.47. The van der Waals surface area contributed by atoms with E-state index in [9.17, 15) is 9.59 Å². The number of hydrogen-bond donors (Lipinski definition) is 2. The van der Waals surface area contributed by atoms with Crippen LogP contribution in [0.3, 0.4) is 0 Å². The fourth-order valence-corrected chi connectivity index (χ4v) is 4.03. The Hall–Kier alpha value is -1.99. The summed E-state index contributed by atoms with van der Waals surface area (Å²) in [5.74, 6) is 1.87. The highest BCUT2D eigenvalue weighted by atomic mass is 35.5. The van der Waals surface area contributed by atoms with Crippen LogP contribution in [0.1, 0.15) is 31.2 Å². The lowest BCUT2D eigenvalue weighted by atomic mass is 9.97. The molecule has 2 atom stereocenters. The average Bonchev–Trinajstić information content (AvgIpc) is 3.27. The number of piperidine rings is 1. The number of halogens is 1. The molecule has 2 heterocycles. The van der Waals surface area contributed by atoms with Crippen LogP contribution in [-0.4, -0.2) is 63.2 Å². The Morgan fingerprint density at radius 3 is 2.72 bits per heavy atom. The van der Waals surface area contributed by atoms with Crippen LogP contribution in [0.15, 0.2) is 18.2 Å². The number of carbonyl (C=O) groups is 2. The first-order chi connectivity index (χ1) is 13.6. The lowest BCUT2D eigenvalue weighted by molar-refractivity contribution is -0.132. The van der Waals surface area contributed by atoms with Gasteiger partial charge in [-0.3, -0.25) is 9.59 Å². The zero-order valence-electron chi connectivity index (χ0n) is 17.2. The van der Waals surface area contributed by atoms with Gasteiger partial charge in [-0.15, -0.1) is 12.4 Å². The molecule has 0 bridgehead atoms. The van der Waals surface area contributed by atoms with E-state index in [0.29, 0.717) is 30.5 Å². The molecule has 0 aliphatic carbocycles. The molecule has 1 aromatic carbocycles. The van der Waals surface area contributed by atoms with E-state index < -0.39 is 0 Å². The third-order valence-corrected chi connectivity index (χ3v) is 5.64. The van der Waals surface area contributed by atoms with E-state index in [-0.39, 0.29) is 36.7 Å². The van der Waals surface area contributed by atoms with Crippen molar-refractivity contribution in [3.05, 3.63) is 23.8 Å². The summed E-state index contributed by atoms with van der Waals surface area (Å²) in [6, 6.07) is 5.45. The highest BCUT2D eigenvalue weighted by Crippen LogP contribution is 2.26. The van der Waals surface area contributed by atoms with Crippen molar-refractivity contribution in [3.63, 3.8) is 0 Å². The number of amides is 2. The van der Waals surface area contributed by atoms with Gasteiger partial charge in [0.25, 0.3) is 0 Å². The van der Waals surface area contributed by atoms with E-state index in [4.69, 9.17) is 9.47 Å². The van der Waals surface area contributed by atoms with Crippen LogP contribution >= 0.6 is 12.4 Å². The quantitative estimate of drug-likeness (QED) is 0.696. The predicted octanol–water partition coefficient (Wildman–Crippen LogP) is 1.77. The fourth-order valence-electron chi connectivity index (χ4n) is 4.03. The van der Waals surface area contributed by atoms with Crippen molar-refractivity contribution in [2.45, 2.75) is 38.1 Å². The van der Waals surface area contributed by atoms with E-state index in [1.165, 1.54) is 0 Å². The summed E-state index contributed by atoms with van der Waals surface area (Å²) in [7, 11) is 3.21. The molecule has 2 aliphatic rings. The smallest absolute Gasteiger partial charge is 0.237 e. The summed E-state index contributed by atoms with van der Waals surface area (Å²) in [6.45, 7) is 2.99. The molecule has 0 saturated carbocycles. The Balaban J connectivity index is 0.00000300. The molecular formula is C21H32ClN3O4. The third-order valence-electron chi connectivity index (χ3n) is 5.64. The van der Waals surface area contributed by atoms with Gasteiger partial charge in [0, 0.05) is 25.2 Å². The van der Waals surface area contributed by atoms with Crippen LogP contribution in [-0.2, 0) is 16.0 Å². The summed E-state index contributed by atoms with van der Waals surface area (Å²) in [4.78, 5) is 27.0. The van der Waals surface area contributed by atoms with Gasteiger partial charge in [-0.1, -0.05) is 0 Å². The number of ether oxygens (including phenoxy) is 2. The lowest BCUT2D eigenvalue weighted by Gasteiger charge is -2.33. The summed E-state index contributed by atoms with van der Waals surface area (Å²) < 4.78 is 10.7. The van der Waals surface area contributed by atoms with Crippen LogP contribution in [0.4, 0.5) is 0 Å². The normalized spacial score (nSPS) is 21.2. The number of hydrogen-bond acceptors (Lipinski definition) is 5. The number of carbonyl (C=O) groups excluding carboxylic acids is 2. The highest BCUT2D eigenvalue weighted by molar-refractivity contribution is 5.85. The largest absolute Gasteiger partial charge is 0.497 e. The Morgan fingerprint density at radius 1 is 1.21 bits per heavy atom. The second-order valence-corrected chi connectivity index (χ2v) is 7.60. The minimum atomic E-state index is -0.0538. The second-order valence-electron chi connectivity index (χ2n) is 7.60. The molecule has 0 radical (unpaired) electrons.